The molecule has 27 heavy (non-hydrogen) atoms. The Kier molecular flexibility index (Phi) is 3.64. The van der Waals surface area contributed by atoms with Crippen LogP contribution in [0.2, 0.25) is 0 Å². The molecule has 0 atom stereocenters. The van der Waals surface area contributed by atoms with Crippen molar-refractivity contribution in [2.24, 2.45) is 0 Å². The van der Waals surface area contributed by atoms with Gasteiger partial charge in [0.25, 0.3) is 0 Å². The van der Waals surface area contributed by atoms with Gasteiger partial charge < -0.3 is 15.3 Å². The summed E-state index contributed by atoms with van der Waals surface area (Å²) in [4.78, 5) is 9.44. The first-order valence-electron chi connectivity index (χ1n) is 9.25. The van der Waals surface area contributed by atoms with E-state index in [1.54, 1.807) is 0 Å². The highest BCUT2D eigenvalue weighted by atomic mass is 16.3. The highest BCUT2D eigenvalue weighted by Gasteiger charge is 2.26. The molecule has 2 heterocycles. The van der Waals surface area contributed by atoms with Crippen LogP contribution in [0, 0.1) is 0 Å². The summed E-state index contributed by atoms with van der Waals surface area (Å²) < 4.78 is 0. The number of H-pyrrole nitrogens is 2. The molecule has 0 bridgehead atoms. The Hall–Kier alpha value is -2.82. The monoisotopic (exact) mass is 362 g/mol. The first-order valence-corrected chi connectivity index (χ1v) is 9.25. The van der Waals surface area contributed by atoms with Gasteiger partial charge in [-0.05, 0) is 34.6 Å². The molecule has 0 unspecified atom stereocenters. The van der Waals surface area contributed by atoms with Crippen molar-refractivity contribution in [3.8, 4) is 17.1 Å². The Labute approximate surface area is 158 Å². The number of phenolic OH excluding ortho intramolecular Hbond substituents is 1. The quantitative estimate of drug-likeness (QED) is 0.424. The van der Waals surface area contributed by atoms with Crippen LogP contribution in [-0.4, -0.2) is 25.3 Å². The highest BCUT2D eigenvalue weighted by molar-refractivity contribution is 5.94. The van der Waals surface area contributed by atoms with E-state index in [9.17, 15) is 5.11 Å². The number of rotatable bonds is 1. The molecule has 0 aliphatic rings. The first-order chi connectivity index (χ1) is 12.5. The van der Waals surface area contributed by atoms with Crippen LogP contribution in [0.1, 0.15) is 52.7 Å². The lowest BCUT2D eigenvalue weighted by molar-refractivity contribution is 0.446. The minimum atomic E-state index is -0.183. The van der Waals surface area contributed by atoms with E-state index in [1.807, 2.05) is 24.4 Å². The van der Waals surface area contributed by atoms with E-state index < -0.39 is 0 Å². The molecule has 4 aromatic rings. The number of phenols is 1. The zero-order chi connectivity index (χ0) is 19.6. The Bertz CT molecular complexity index is 1100. The van der Waals surface area contributed by atoms with Gasteiger partial charge in [0.15, 0.2) is 5.82 Å². The fourth-order valence-electron chi connectivity index (χ4n) is 3.37. The normalized spacial score (nSPS) is 13.0. The van der Waals surface area contributed by atoms with Gasteiger partial charge in [-0.2, -0.15) is 0 Å². The summed E-state index contributed by atoms with van der Waals surface area (Å²) >= 11 is 0. The number of fused-ring (bicyclic) bond motifs is 2. The van der Waals surface area contributed by atoms with Crippen LogP contribution >= 0.6 is 0 Å². The summed E-state index contributed by atoms with van der Waals surface area (Å²) in [6, 6.07) is 8.12. The van der Waals surface area contributed by atoms with Gasteiger partial charge in [-0.15, -0.1) is 0 Å². The zero-order valence-corrected chi connectivity index (χ0v) is 16.7. The molecule has 0 spiro atoms. The third-order valence-corrected chi connectivity index (χ3v) is 5.06. The van der Waals surface area contributed by atoms with Crippen molar-refractivity contribution in [2.75, 3.05) is 0 Å². The van der Waals surface area contributed by atoms with Crippen LogP contribution in [0.25, 0.3) is 33.3 Å². The summed E-state index contributed by atoms with van der Waals surface area (Å²) in [7, 11) is 0. The number of imidazole rings is 1. The van der Waals surface area contributed by atoms with Gasteiger partial charge in [-0.1, -0.05) is 47.6 Å². The van der Waals surface area contributed by atoms with E-state index in [0.717, 1.165) is 33.1 Å². The highest BCUT2D eigenvalue weighted by Crippen LogP contribution is 2.41. The molecule has 2 aromatic heterocycles. The summed E-state index contributed by atoms with van der Waals surface area (Å²) in [5.74, 6) is 0.834. The largest absolute Gasteiger partial charge is 0.507 e. The predicted molar refractivity (Wildman–Crippen MR) is 110 cm³/mol. The molecule has 5 nitrogen and oxygen atoms in total. The number of hydrogen-bond acceptors (Lipinski definition) is 3. The Balaban J connectivity index is 1.98. The summed E-state index contributed by atoms with van der Waals surface area (Å²) in [5, 5.41) is 18.2. The van der Waals surface area contributed by atoms with Gasteiger partial charge in [-0.3, -0.25) is 0 Å². The second-order valence-corrected chi connectivity index (χ2v) is 9.31. The standard InChI is InChI=1S/C22H26N4O/c1-21(2,3)13-8-14(19(27)15(9-13)22(4,5)6)20-24-17-7-12-11-23-26-16(12)10-18(17)25-20/h7-11,23,26-27H,1-6H3. The smallest absolute Gasteiger partial charge is 0.164 e. The summed E-state index contributed by atoms with van der Waals surface area (Å²) in [6.07, 6.45) is 1.90. The van der Waals surface area contributed by atoms with E-state index in [2.05, 4.69) is 57.8 Å². The number of hydrogen-bond donors (Lipinski definition) is 3. The molecule has 5 heteroatoms. The van der Waals surface area contributed by atoms with Crippen molar-refractivity contribution in [3.63, 3.8) is 0 Å². The third-order valence-electron chi connectivity index (χ3n) is 5.06. The molecule has 0 saturated carbocycles. The molecular weight excluding hydrogens is 336 g/mol. The van der Waals surface area contributed by atoms with Gasteiger partial charge in [0, 0.05) is 17.1 Å². The fraction of sp³-hybridized carbons (Fsp3) is 0.364. The van der Waals surface area contributed by atoms with E-state index in [4.69, 9.17) is 9.97 Å². The van der Waals surface area contributed by atoms with Gasteiger partial charge in [0.05, 0.1) is 22.1 Å². The Morgan fingerprint density at radius 2 is 1.52 bits per heavy atom. The minimum absolute atomic E-state index is 0.0415. The molecule has 0 saturated heterocycles. The number of aromatic hydroxyl groups is 1. The van der Waals surface area contributed by atoms with Crippen molar-refractivity contribution < 1.29 is 5.11 Å². The number of nitrogens with zero attached hydrogens (tertiary/aromatic N) is 2. The summed E-state index contributed by atoms with van der Waals surface area (Å²) in [5.41, 5.74) is 5.17. The molecule has 0 amide bonds. The molecule has 4 rings (SSSR count). The topological polar surface area (TPSA) is 77.6 Å². The summed E-state index contributed by atoms with van der Waals surface area (Å²) in [6.45, 7) is 12.9. The maximum Gasteiger partial charge on any atom is 0.164 e. The van der Waals surface area contributed by atoms with Crippen molar-refractivity contribution in [1.82, 2.24) is 20.2 Å². The number of benzene rings is 2. The molecule has 0 radical (unpaired) electrons. The van der Waals surface area contributed by atoms with Gasteiger partial charge >= 0.3 is 0 Å². The molecule has 0 fully saturated rings. The van der Waals surface area contributed by atoms with Crippen LogP contribution in [0.4, 0.5) is 0 Å². The molecule has 0 aliphatic heterocycles. The maximum atomic E-state index is 11.1. The van der Waals surface area contributed by atoms with Crippen LogP contribution in [0.15, 0.2) is 30.5 Å². The van der Waals surface area contributed by atoms with Gasteiger partial charge in [0.1, 0.15) is 5.75 Å². The van der Waals surface area contributed by atoms with E-state index in [1.165, 1.54) is 0 Å². The molecule has 2 aromatic carbocycles. The third kappa shape index (κ3) is 2.97. The van der Waals surface area contributed by atoms with Crippen LogP contribution in [-0.2, 0) is 10.8 Å². The fourth-order valence-corrected chi connectivity index (χ4v) is 3.37. The zero-order valence-electron chi connectivity index (χ0n) is 16.7. The average Bonchev–Trinajstić information content (AvgIpc) is 3.15. The van der Waals surface area contributed by atoms with Crippen molar-refractivity contribution in [2.45, 2.75) is 52.4 Å². The number of aromatic amines is 2. The second kappa shape index (κ2) is 5.59. The van der Waals surface area contributed by atoms with Crippen molar-refractivity contribution >= 4 is 21.9 Å². The average molecular weight is 362 g/mol. The van der Waals surface area contributed by atoms with E-state index in [0.29, 0.717) is 11.4 Å². The lowest BCUT2D eigenvalue weighted by atomic mass is 9.79. The predicted octanol–water partition coefficient (Wildman–Crippen LogP) is 5.41. The van der Waals surface area contributed by atoms with Crippen LogP contribution in [0.5, 0.6) is 5.75 Å². The minimum Gasteiger partial charge on any atom is -0.507 e. The number of aromatic nitrogens is 4. The number of nitrogens with one attached hydrogen (secondary N) is 2. The Morgan fingerprint density at radius 3 is 2.15 bits per heavy atom. The lowest BCUT2D eigenvalue weighted by Gasteiger charge is -2.27. The van der Waals surface area contributed by atoms with E-state index in [-0.39, 0.29) is 16.6 Å². The van der Waals surface area contributed by atoms with E-state index >= 15 is 0 Å². The second-order valence-electron chi connectivity index (χ2n) is 9.31. The van der Waals surface area contributed by atoms with Gasteiger partial charge in [0.2, 0.25) is 0 Å². The van der Waals surface area contributed by atoms with Crippen molar-refractivity contribution in [3.05, 3.63) is 41.6 Å². The van der Waals surface area contributed by atoms with Crippen LogP contribution < -0.4 is 0 Å². The maximum absolute atomic E-state index is 11.1. The molecule has 3 N–H and O–H groups in total. The van der Waals surface area contributed by atoms with Crippen molar-refractivity contribution in [1.29, 1.82) is 0 Å². The molecular formula is C22H26N4O. The van der Waals surface area contributed by atoms with Crippen LogP contribution in [0.3, 0.4) is 0 Å². The van der Waals surface area contributed by atoms with Gasteiger partial charge in [-0.25, -0.2) is 9.97 Å². The lowest BCUT2D eigenvalue weighted by Crippen LogP contribution is -2.17. The SMILES string of the molecule is CC(C)(C)c1cc(-c2nc3cc4c[nH][nH]c4cc3n2)c(O)c(C(C)(C)C)c1. The Morgan fingerprint density at radius 1 is 0.852 bits per heavy atom. The molecule has 140 valence electrons. The first kappa shape index (κ1) is 17.6. The molecule has 0 aliphatic carbocycles.